The molecule has 0 saturated carbocycles. The minimum absolute atomic E-state index is 0. The second-order valence-corrected chi connectivity index (χ2v) is 3.19. The molecule has 1 aromatic carbocycles. The van der Waals surface area contributed by atoms with Crippen molar-refractivity contribution in [1.29, 1.82) is 0 Å². The third kappa shape index (κ3) is 1.99. The van der Waals surface area contributed by atoms with Crippen LogP contribution in [0.5, 0.6) is 0 Å². The second kappa shape index (κ2) is 4.48. The summed E-state index contributed by atoms with van der Waals surface area (Å²) in [7, 11) is 0. The molecule has 1 nitrogen and oxygen atoms in total. The van der Waals surface area contributed by atoms with Crippen LogP contribution in [0.2, 0.25) is 0 Å². The monoisotopic (exact) mass is 185 g/mol. The van der Waals surface area contributed by atoms with Gasteiger partial charge < -0.3 is 6.15 Å². The molecule has 0 aliphatic carbocycles. The van der Waals surface area contributed by atoms with E-state index in [1.54, 1.807) is 0 Å². The van der Waals surface area contributed by atoms with Crippen molar-refractivity contribution in [3.05, 3.63) is 34.4 Å². The standard InChI is InChI=1S/C10H13Cl.H3N/c1-7-4-5-10(6-11)9(3)8(7)2;/h4-5H,6H2,1-3H3;1H3. The van der Waals surface area contributed by atoms with E-state index in [1.165, 1.54) is 22.3 Å². The molecule has 68 valence electrons. The second-order valence-electron chi connectivity index (χ2n) is 2.93. The molecular formula is C10H16ClN. The van der Waals surface area contributed by atoms with Crippen LogP contribution >= 0.6 is 11.6 Å². The first-order valence-electron chi connectivity index (χ1n) is 3.78. The summed E-state index contributed by atoms with van der Waals surface area (Å²) in [6.45, 7) is 6.39. The third-order valence-electron chi connectivity index (χ3n) is 2.31. The van der Waals surface area contributed by atoms with Gasteiger partial charge in [-0.3, -0.25) is 0 Å². The van der Waals surface area contributed by atoms with Crippen molar-refractivity contribution in [3.8, 4) is 0 Å². The molecule has 3 N–H and O–H groups in total. The molecule has 0 aromatic heterocycles. The Morgan fingerprint density at radius 1 is 1.08 bits per heavy atom. The Kier molecular flexibility index (Phi) is 4.29. The van der Waals surface area contributed by atoms with Crippen molar-refractivity contribution in [2.24, 2.45) is 0 Å². The summed E-state index contributed by atoms with van der Waals surface area (Å²) >= 11 is 5.76. The molecule has 0 amide bonds. The van der Waals surface area contributed by atoms with Gasteiger partial charge in [-0.1, -0.05) is 12.1 Å². The highest BCUT2D eigenvalue weighted by molar-refractivity contribution is 6.17. The van der Waals surface area contributed by atoms with E-state index in [9.17, 15) is 0 Å². The number of alkyl halides is 1. The van der Waals surface area contributed by atoms with Crippen LogP contribution in [0.25, 0.3) is 0 Å². The number of aryl methyl sites for hydroxylation is 1. The molecule has 0 unspecified atom stereocenters. The normalized spacial score (nSPS) is 9.33. The molecule has 0 spiro atoms. The lowest BCUT2D eigenvalue weighted by Gasteiger charge is -2.07. The van der Waals surface area contributed by atoms with Crippen LogP contribution in [0.1, 0.15) is 22.3 Å². The predicted molar refractivity (Wildman–Crippen MR) is 55.2 cm³/mol. The van der Waals surface area contributed by atoms with Gasteiger partial charge in [-0.2, -0.15) is 0 Å². The first-order chi connectivity index (χ1) is 5.16. The van der Waals surface area contributed by atoms with E-state index in [0.717, 1.165) is 0 Å². The van der Waals surface area contributed by atoms with Crippen LogP contribution in [-0.4, -0.2) is 0 Å². The fourth-order valence-electron chi connectivity index (χ4n) is 1.16. The predicted octanol–water partition coefficient (Wildman–Crippen LogP) is 3.51. The number of hydrogen-bond acceptors (Lipinski definition) is 1. The Hall–Kier alpha value is -0.530. The zero-order valence-electron chi connectivity index (χ0n) is 7.95. The van der Waals surface area contributed by atoms with Crippen LogP contribution in [-0.2, 0) is 5.88 Å². The smallest absolute Gasteiger partial charge is 0.0476 e. The molecule has 0 fully saturated rings. The summed E-state index contributed by atoms with van der Waals surface area (Å²) in [6.07, 6.45) is 0. The summed E-state index contributed by atoms with van der Waals surface area (Å²) in [5.41, 5.74) is 5.29. The minimum Gasteiger partial charge on any atom is -0.344 e. The van der Waals surface area contributed by atoms with Gasteiger partial charge in [0.05, 0.1) is 0 Å². The number of benzene rings is 1. The fourth-order valence-corrected chi connectivity index (χ4v) is 1.45. The van der Waals surface area contributed by atoms with Crippen LogP contribution in [0.4, 0.5) is 0 Å². The molecule has 0 aliphatic heterocycles. The maximum absolute atomic E-state index is 5.76. The van der Waals surface area contributed by atoms with Gasteiger partial charge in [-0.05, 0) is 43.0 Å². The topological polar surface area (TPSA) is 35.0 Å². The number of hydrogen-bond donors (Lipinski definition) is 1. The highest BCUT2D eigenvalue weighted by Gasteiger charge is 2.01. The van der Waals surface area contributed by atoms with Crippen LogP contribution < -0.4 is 6.15 Å². The summed E-state index contributed by atoms with van der Waals surface area (Å²) in [5, 5.41) is 0. The molecule has 1 aromatic rings. The molecule has 2 heteroatoms. The Bertz CT molecular complexity index is 269. The van der Waals surface area contributed by atoms with Gasteiger partial charge >= 0.3 is 0 Å². The van der Waals surface area contributed by atoms with Crippen LogP contribution in [0.3, 0.4) is 0 Å². The Morgan fingerprint density at radius 2 is 1.67 bits per heavy atom. The average Bonchev–Trinajstić information content (AvgIpc) is 2.01. The molecule has 0 heterocycles. The van der Waals surface area contributed by atoms with Gasteiger partial charge in [0.2, 0.25) is 0 Å². The lowest BCUT2D eigenvalue weighted by Crippen LogP contribution is -1.91. The molecule has 0 saturated heterocycles. The molecule has 1 rings (SSSR count). The van der Waals surface area contributed by atoms with E-state index in [2.05, 4.69) is 32.9 Å². The quantitative estimate of drug-likeness (QED) is 0.668. The van der Waals surface area contributed by atoms with Crippen molar-refractivity contribution < 1.29 is 0 Å². The zero-order chi connectivity index (χ0) is 8.43. The van der Waals surface area contributed by atoms with E-state index >= 15 is 0 Å². The average molecular weight is 186 g/mol. The van der Waals surface area contributed by atoms with E-state index < -0.39 is 0 Å². The molecule has 0 atom stereocenters. The lowest BCUT2D eigenvalue weighted by atomic mass is 10.00. The molecule has 12 heavy (non-hydrogen) atoms. The van der Waals surface area contributed by atoms with Gasteiger partial charge in [0.25, 0.3) is 0 Å². The fraction of sp³-hybridized carbons (Fsp3) is 0.400. The Balaban J connectivity index is 0.00000121. The Labute approximate surface area is 79.3 Å². The van der Waals surface area contributed by atoms with Gasteiger partial charge in [0.15, 0.2) is 0 Å². The first kappa shape index (κ1) is 11.5. The van der Waals surface area contributed by atoms with E-state index in [4.69, 9.17) is 11.6 Å². The molecule has 0 aliphatic rings. The summed E-state index contributed by atoms with van der Waals surface area (Å²) < 4.78 is 0. The number of rotatable bonds is 1. The van der Waals surface area contributed by atoms with E-state index in [-0.39, 0.29) is 6.15 Å². The van der Waals surface area contributed by atoms with Crippen molar-refractivity contribution in [1.82, 2.24) is 6.15 Å². The maximum Gasteiger partial charge on any atom is 0.0476 e. The van der Waals surface area contributed by atoms with Gasteiger partial charge in [-0.25, -0.2) is 0 Å². The van der Waals surface area contributed by atoms with Crippen molar-refractivity contribution in [2.45, 2.75) is 26.7 Å². The van der Waals surface area contributed by atoms with Crippen LogP contribution in [0, 0.1) is 20.8 Å². The highest BCUT2D eigenvalue weighted by Crippen LogP contribution is 2.18. The van der Waals surface area contributed by atoms with Gasteiger partial charge in [-0.15, -0.1) is 11.6 Å². The largest absolute Gasteiger partial charge is 0.344 e. The summed E-state index contributed by atoms with van der Waals surface area (Å²) in [5.74, 6) is 0.618. The van der Waals surface area contributed by atoms with Crippen molar-refractivity contribution >= 4 is 11.6 Å². The third-order valence-corrected chi connectivity index (χ3v) is 2.60. The van der Waals surface area contributed by atoms with Gasteiger partial charge in [0, 0.05) is 5.88 Å². The molecule has 0 bridgehead atoms. The molecular weight excluding hydrogens is 170 g/mol. The van der Waals surface area contributed by atoms with E-state index in [0.29, 0.717) is 5.88 Å². The van der Waals surface area contributed by atoms with Crippen molar-refractivity contribution in [2.75, 3.05) is 0 Å². The summed E-state index contributed by atoms with van der Waals surface area (Å²) in [6, 6.07) is 4.23. The maximum atomic E-state index is 5.76. The summed E-state index contributed by atoms with van der Waals surface area (Å²) in [4.78, 5) is 0. The minimum atomic E-state index is 0. The number of halogens is 1. The highest BCUT2D eigenvalue weighted by atomic mass is 35.5. The van der Waals surface area contributed by atoms with E-state index in [1.807, 2.05) is 0 Å². The lowest BCUT2D eigenvalue weighted by molar-refractivity contribution is 1.20. The first-order valence-corrected chi connectivity index (χ1v) is 4.32. The van der Waals surface area contributed by atoms with Gasteiger partial charge in [0.1, 0.15) is 0 Å². The van der Waals surface area contributed by atoms with Crippen LogP contribution in [0.15, 0.2) is 12.1 Å². The molecule has 0 radical (unpaired) electrons. The van der Waals surface area contributed by atoms with Crippen molar-refractivity contribution in [3.63, 3.8) is 0 Å². The SMILES string of the molecule is Cc1ccc(CCl)c(C)c1C.N. The zero-order valence-corrected chi connectivity index (χ0v) is 8.70. The Morgan fingerprint density at radius 3 is 2.17 bits per heavy atom.